The summed E-state index contributed by atoms with van der Waals surface area (Å²) in [4.78, 5) is 21.1. The first-order valence-electron chi connectivity index (χ1n) is 3.92. The number of hydrogen-bond donors (Lipinski definition) is 1. The Morgan fingerprint density at radius 1 is 1.36 bits per heavy atom. The Bertz CT molecular complexity index is 509. The topological polar surface area (TPSA) is 58.6 Å². The average molecular weight is 191 g/mol. The SMILES string of the molecule is O=c1[nH]ccnc1-c1ccncc1F. The Morgan fingerprint density at radius 3 is 2.93 bits per heavy atom. The molecule has 0 aliphatic rings. The molecule has 14 heavy (non-hydrogen) atoms. The molecule has 70 valence electrons. The molecule has 4 nitrogen and oxygen atoms in total. The van der Waals surface area contributed by atoms with Crippen LogP contribution >= 0.6 is 0 Å². The van der Waals surface area contributed by atoms with Gasteiger partial charge < -0.3 is 4.98 Å². The summed E-state index contributed by atoms with van der Waals surface area (Å²) in [6.45, 7) is 0. The molecule has 5 heteroatoms. The largest absolute Gasteiger partial charge is 0.326 e. The minimum absolute atomic E-state index is 0.0624. The average Bonchev–Trinajstić information content (AvgIpc) is 2.20. The fourth-order valence-corrected chi connectivity index (χ4v) is 1.11. The number of nitrogens with one attached hydrogen (secondary N) is 1. The second kappa shape index (κ2) is 3.37. The smallest absolute Gasteiger partial charge is 0.274 e. The van der Waals surface area contributed by atoms with Gasteiger partial charge in [-0.3, -0.25) is 9.78 Å². The van der Waals surface area contributed by atoms with Gasteiger partial charge in [0.1, 0.15) is 5.69 Å². The Labute approximate surface area is 78.5 Å². The summed E-state index contributed by atoms with van der Waals surface area (Å²) in [5.41, 5.74) is -0.202. The molecule has 2 aromatic heterocycles. The van der Waals surface area contributed by atoms with E-state index in [1.165, 1.54) is 24.7 Å². The molecule has 0 saturated heterocycles. The minimum Gasteiger partial charge on any atom is -0.326 e. The van der Waals surface area contributed by atoms with Crippen molar-refractivity contribution in [2.24, 2.45) is 0 Å². The first kappa shape index (κ1) is 8.55. The highest BCUT2D eigenvalue weighted by Crippen LogP contribution is 2.14. The van der Waals surface area contributed by atoms with Gasteiger partial charge in [-0.15, -0.1) is 0 Å². The zero-order valence-corrected chi connectivity index (χ0v) is 7.07. The Morgan fingerprint density at radius 2 is 2.21 bits per heavy atom. The third-order valence-corrected chi connectivity index (χ3v) is 1.74. The molecule has 0 bridgehead atoms. The van der Waals surface area contributed by atoms with Crippen molar-refractivity contribution in [3.63, 3.8) is 0 Å². The quantitative estimate of drug-likeness (QED) is 0.730. The lowest BCUT2D eigenvalue weighted by atomic mass is 10.2. The van der Waals surface area contributed by atoms with Crippen LogP contribution in [0.25, 0.3) is 11.3 Å². The van der Waals surface area contributed by atoms with Crippen LogP contribution in [0.15, 0.2) is 35.6 Å². The van der Waals surface area contributed by atoms with Gasteiger partial charge in [0.25, 0.3) is 5.56 Å². The van der Waals surface area contributed by atoms with Crippen molar-refractivity contribution < 1.29 is 4.39 Å². The predicted octanol–water partition coefficient (Wildman–Crippen LogP) is 0.971. The molecule has 0 amide bonds. The van der Waals surface area contributed by atoms with E-state index in [2.05, 4.69) is 15.0 Å². The third-order valence-electron chi connectivity index (χ3n) is 1.74. The number of aromatic nitrogens is 3. The zero-order chi connectivity index (χ0) is 9.97. The fraction of sp³-hybridized carbons (Fsp3) is 0. The van der Waals surface area contributed by atoms with E-state index in [0.717, 1.165) is 6.20 Å². The molecule has 0 aliphatic carbocycles. The van der Waals surface area contributed by atoms with Crippen molar-refractivity contribution in [1.29, 1.82) is 0 Å². The highest BCUT2D eigenvalue weighted by Gasteiger charge is 2.08. The number of aromatic amines is 1. The molecule has 0 saturated carbocycles. The van der Waals surface area contributed by atoms with E-state index in [1.807, 2.05) is 0 Å². The van der Waals surface area contributed by atoms with E-state index in [-0.39, 0.29) is 11.3 Å². The first-order chi connectivity index (χ1) is 6.79. The van der Waals surface area contributed by atoms with E-state index in [9.17, 15) is 9.18 Å². The molecule has 1 N–H and O–H groups in total. The zero-order valence-electron chi connectivity index (χ0n) is 7.07. The van der Waals surface area contributed by atoms with Crippen LogP contribution < -0.4 is 5.56 Å². The second-order valence-electron chi connectivity index (χ2n) is 2.62. The lowest BCUT2D eigenvalue weighted by molar-refractivity contribution is 0.624. The van der Waals surface area contributed by atoms with Crippen molar-refractivity contribution in [3.05, 3.63) is 47.0 Å². The molecule has 0 atom stereocenters. The fourth-order valence-electron chi connectivity index (χ4n) is 1.11. The summed E-state index contributed by atoms with van der Waals surface area (Å²) in [5.74, 6) is -0.559. The van der Waals surface area contributed by atoms with Crippen molar-refractivity contribution in [1.82, 2.24) is 15.0 Å². The van der Waals surface area contributed by atoms with Crippen LogP contribution in [0, 0.1) is 5.82 Å². The van der Waals surface area contributed by atoms with Crippen LogP contribution in [0.1, 0.15) is 0 Å². The maximum atomic E-state index is 13.2. The summed E-state index contributed by atoms with van der Waals surface area (Å²) in [6, 6.07) is 1.41. The Kier molecular flexibility index (Phi) is 2.06. The lowest BCUT2D eigenvalue weighted by Crippen LogP contribution is -2.10. The second-order valence-corrected chi connectivity index (χ2v) is 2.62. The molecule has 2 aromatic rings. The maximum Gasteiger partial charge on any atom is 0.274 e. The lowest BCUT2D eigenvalue weighted by Gasteiger charge is -1.98. The summed E-state index contributed by atoms with van der Waals surface area (Å²) in [6.07, 6.45) is 5.25. The maximum absolute atomic E-state index is 13.2. The normalized spacial score (nSPS) is 10.1. The van der Waals surface area contributed by atoms with E-state index in [0.29, 0.717) is 0 Å². The highest BCUT2D eigenvalue weighted by molar-refractivity contribution is 5.57. The number of hydrogen-bond acceptors (Lipinski definition) is 3. The van der Waals surface area contributed by atoms with Gasteiger partial charge in [-0.2, -0.15) is 0 Å². The monoisotopic (exact) mass is 191 g/mol. The van der Waals surface area contributed by atoms with Crippen molar-refractivity contribution >= 4 is 0 Å². The molecule has 0 fully saturated rings. The molecule has 0 aromatic carbocycles. The molecule has 0 unspecified atom stereocenters. The van der Waals surface area contributed by atoms with Crippen molar-refractivity contribution in [2.75, 3.05) is 0 Å². The molecular formula is C9H6FN3O. The molecule has 2 rings (SSSR count). The van der Waals surface area contributed by atoms with Crippen LogP contribution in [0.5, 0.6) is 0 Å². The van der Waals surface area contributed by atoms with E-state index >= 15 is 0 Å². The van der Waals surface area contributed by atoms with Crippen LogP contribution in [-0.4, -0.2) is 15.0 Å². The van der Waals surface area contributed by atoms with E-state index < -0.39 is 11.4 Å². The van der Waals surface area contributed by atoms with Gasteiger partial charge in [-0.25, -0.2) is 9.37 Å². The molecule has 2 heterocycles. The van der Waals surface area contributed by atoms with Gasteiger partial charge in [0.15, 0.2) is 5.82 Å². The molecular weight excluding hydrogens is 185 g/mol. The number of H-pyrrole nitrogens is 1. The number of pyridine rings is 1. The molecule has 0 aliphatic heterocycles. The predicted molar refractivity (Wildman–Crippen MR) is 48.0 cm³/mol. The van der Waals surface area contributed by atoms with Crippen LogP contribution in [0.3, 0.4) is 0 Å². The van der Waals surface area contributed by atoms with Crippen molar-refractivity contribution in [2.45, 2.75) is 0 Å². The summed E-state index contributed by atoms with van der Waals surface area (Å²) in [7, 11) is 0. The van der Waals surface area contributed by atoms with Crippen molar-refractivity contribution in [3.8, 4) is 11.3 Å². The minimum atomic E-state index is -0.559. The van der Waals surface area contributed by atoms with E-state index in [1.54, 1.807) is 0 Å². The number of nitrogens with zero attached hydrogens (tertiary/aromatic N) is 2. The van der Waals surface area contributed by atoms with E-state index in [4.69, 9.17) is 0 Å². The van der Waals surface area contributed by atoms with Gasteiger partial charge in [0.05, 0.1) is 6.20 Å². The number of halogens is 1. The highest BCUT2D eigenvalue weighted by atomic mass is 19.1. The Hall–Kier alpha value is -2.04. The molecule has 0 radical (unpaired) electrons. The Balaban J connectivity index is 2.67. The first-order valence-corrected chi connectivity index (χ1v) is 3.92. The van der Waals surface area contributed by atoms with Crippen LogP contribution in [0.2, 0.25) is 0 Å². The molecule has 0 spiro atoms. The van der Waals surface area contributed by atoms with Gasteiger partial charge >= 0.3 is 0 Å². The summed E-state index contributed by atoms with van der Waals surface area (Å²) in [5, 5.41) is 0. The standard InChI is InChI=1S/C9H6FN3O/c10-7-5-11-2-1-6(7)8-9(14)13-4-3-12-8/h1-5H,(H,13,14). The summed E-state index contributed by atoms with van der Waals surface area (Å²) < 4.78 is 13.2. The van der Waals surface area contributed by atoms with Gasteiger partial charge in [-0.05, 0) is 6.07 Å². The van der Waals surface area contributed by atoms with Crippen LogP contribution in [0.4, 0.5) is 4.39 Å². The third kappa shape index (κ3) is 1.39. The number of rotatable bonds is 1. The van der Waals surface area contributed by atoms with Gasteiger partial charge in [0, 0.05) is 24.2 Å². The van der Waals surface area contributed by atoms with Crippen LogP contribution in [-0.2, 0) is 0 Å². The summed E-state index contributed by atoms with van der Waals surface area (Å²) >= 11 is 0. The van der Waals surface area contributed by atoms with Gasteiger partial charge in [0.2, 0.25) is 0 Å². The van der Waals surface area contributed by atoms with Gasteiger partial charge in [-0.1, -0.05) is 0 Å².